The van der Waals surface area contributed by atoms with Gasteiger partial charge in [0.15, 0.2) is 0 Å². The molecule has 2 heterocycles. The summed E-state index contributed by atoms with van der Waals surface area (Å²) in [6.07, 6.45) is 1.49. The Hall–Kier alpha value is -3.22. The maximum Gasteiger partial charge on any atom is 0.296 e. The molecule has 8 heteroatoms. The van der Waals surface area contributed by atoms with Crippen LogP contribution in [0.15, 0.2) is 70.9 Å². The number of carbonyl (C=O) groups excluding carboxylic acids is 2. The third kappa shape index (κ3) is 4.11. The van der Waals surface area contributed by atoms with Gasteiger partial charge in [-0.25, -0.2) is 0 Å². The molecule has 1 unspecified atom stereocenters. The summed E-state index contributed by atoms with van der Waals surface area (Å²) < 4.78 is 11.0. The number of hydrogen-bond donors (Lipinski definition) is 1. The number of benzene rings is 2. The molecule has 32 heavy (non-hydrogen) atoms. The lowest BCUT2D eigenvalue weighted by Gasteiger charge is -2.25. The Labute approximate surface area is 194 Å². The Balaban J connectivity index is 1.88. The molecule has 1 amide bonds. The normalized spacial score (nSPS) is 17.7. The number of aliphatic hydroxyl groups is 1. The highest BCUT2D eigenvalue weighted by molar-refractivity contribution is 6.46. The predicted octanol–water partition coefficient (Wildman–Crippen LogP) is 5.61. The number of halogens is 2. The molecular formula is C24H19Cl2NO5. The molecule has 1 atom stereocenters. The van der Waals surface area contributed by atoms with Crippen LogP contribution < -0.4 is 4.74 Å². The first-order valence-corrected chi connectivity index (χ1v) is 10.6. The van der Waals surface area contributed by atoms with E-state index in [0.29, 0.717) is 28.7 Å². The number of furan rings is 1. The number of amides is 1. The smallest absolute Gasteiger partial charge is 0.296 e. The highest BCUT2D eigenvalue weighted by Crippen LogP contribution is 2.41. The van der Waals surface area contributed by atoms with Crippen molar-refractivity contribution in [2.75, 3.05) is 6.61 Å². The van der Waals surface area contributed by atoms with E-state index in [0.717, 1.165) is 0 Å². The van der Waals surface area contributed by atoms with Crippen molar-refractivity contribution < 1.29 is 23.8 Å². The van der Waals surface area contributed by atoms with E-state index >= 15 is 0 Å². The van der Waals surface area contributed by atoms with Crippen LogP contribution in [0.5, 0.6) is 5.75 Å². The second-order valence-corrected chi connectivity index (χ2v) is 7.96. The van der Waals surface area contributed by atoms with Crippen molar-refractivity contribution in [2.24, 2.45) is 0 Å². The van der Waals surface area contributed by atoms with E-state index in [1.165, 1.54) is 29.4 Å². The quantitative estimate of drug-likeness (QED) is 0.287. The first-order valence-electron chi connectivity index (χ1n) is 9.89. The van der Waals surface area contributed by atoms with Gasteiger partial charge in [0.25, 0.3) is 11.7 Å². The molecule has 1 saturated heterocycles. The summed E-state index contributed by atoms with van der Waals surface area (Å²) in [5, 5.41) is 11.6. The number of nitrogens with zero attached hydrogens (tertiary/aromatic N) is 1. The van der Waals surface area contributed by atoms with Crippen molar-refractivity contribution in [1.29, 1.82) is 0 Å². The molecule has 0 radical (unpaired) electrons. The van der Waals surface area contributed by atoms with E-state index in [-0.39, 0.29) is 28.5 Å². The van der Waals surface area contributed by atoms with Crippen molar-refractivity contribution in [1.82, 2.24) is 4.90 Å². The average molecular weight is 472 g/mol. The van der Waals surface area contributed by atoms with Crippen LogP contribution in [-0.2, 0) is 16.1 Å². The summed E-state index contributed by atoms with van der Waals surface area (Å²) in [5.41, 5.74) is 0.846. The zero-order chi connectivity index (χ0) is 22.8. The van der Waals surface area contributed by atoms with Gasteiger partial charge in [0.05, 0.1) is 41.1 Å². The van der Waals surface area contributed by atoms with Gasteiger partial charge in [-0.3, -0.25) is 9.59 Å². The summed E-state index contributed by atoms with van der Waals surface area (Å²) in [5.74, 6) is -0.784. The Bertz CT molecular complexity index is 1200. The number of hydrogen-bond acceptors (Lipinski definition) is 5. The Morgan fingerprint density at radius 3 is 2.59 bits per heavy atom. The number of rotatable bonds is 6. The van der Waals surface area contributed by atoms with E-state index in [1.54, 1.807) is 36.4 Å². The van der Waals surface area contributed by atoms with E-state index in [2.05, 4.69) is 0 Å². The van der Waals surface area contributed by atoms with Crippen LogP contribution in [0.2, 0.25) is 10.0 Å². The second-order valence-electron chi connectivity index (χ2n) is 7.14. The predicted molar refractivity (Wildman–Crippen MR) is 121 cm³/mol. The average Bonchev–Trinajstić information content (AvgIpc) is 3.38. The maximum atomic E-state index is 13.1. The molecular weight excluding hydrogens is 453 g/mol. The van der Waals surface area contributed by atoms with E-state index in [4.69, 9.17) is 32.4 Å². The lowest BCUT2D eigenvalue weighted by atomic mass is 9.95. The summed E-state index contributed by atoms with van der Waals surface area (Å²) >= 11 is 12.1. The minimum absolute atomic E-state index is 0.0476. The third-order valence-corrected chi connectivity index (χ3v) is 5.86. The van der Waals surface area contributed by atoms with Gasteiger partial charge in [0.1, 0.15) is 17.3 Å². The van der Waals surface area contributed by atoms with E-state index in [9.17, 15) is 14.7 Å². The Morgan fingerprint density at radius 1 is 1.09 bits per heavy atom. The van der Waals surface area contributed by atoms with Gasteiger partial charge in [0, 0.05) is 5.56 Å². The van der Waals surface area contributed by atoms with Crippen LogP contribution in [0.4, 0.5) is 0 Å². The van der Waals surface area contributed by atoms with Crippen molar-refractivity contribution in [3.05, 3.63) is 93.4 Å². The zero-order valence-electron chi connectivity index (χ0n) is 17.0. The molecule has 1 aliphatic heterocycles. The molecule has 0 spiro atoms. The molecule has 1 N–H and O–H groups in total. The van der Waals surface area contributed by atoms with Crippen LogP contribution in [0.1, 0.15) is 29.9 Å². The number of likely N-dealkylation sites (tertiary alicyclic amines) is 1. The molecule has 2 aromatic carbocycles. The van der Waals surface area contributed by atoms with Gasteiger partial charge in [-0.15, -0.1) is 0 Å². The van der Waals surface area contributed by atoms with Gasteiger partial charge in [-0.2, -0.15) is 0 Å². The molecule has 1 aliphatic rings. The van der Waals surface area contributed by atoms with Gasteiger partial charge in [0.2, 0.25) is 0 Å². The van der Waals surface area contributed by atoms with Gasteiger partial charge in [-0.1, -0.05) is 35.3 Å². The van der Waals surface area contributed by atoms with Crippen molar-refractivity contribution in [3.8, 4) is 5.75 Å². The number of aliphatic hydroxyl groups excluding tert-OH is 1. The Morgan fingerprint density at radius 2 is 1.91 bits per heavy atom. The van der Waals surface area contributed by atoms with Gasteiger partial charge >= 0.3 is 0 Å². The van der Waals surface area contributed by atoms with Crippen LogP contribution >= 0.6 is 23.2 Å². The minimum Gasteiger partial charge on any atom is -0.507 e. The molecule has 1 fully saturated rings. The van der Waals surface area contributed by atoms with Crippen LogP contribution in [0.25, 0.3) is 5.76 Å². The molecule has 0 saturated carbocycles. The SMILES string of the molecule is CCOc1cccc(C2/C(=C(/O)c3ccc(Cl)c(Cl)c3)C(=O)C(=O)N2Cc2ccco2)c1. The summed E-state index contributed by atoms with van der Waals surface area (Å²) in [6, 6.07) is 14.1. The van der Waals surface area contributed by atoms with Crippen molar-refractivity contribution in [2.45, 2.75) is 19.5 Å². The fraction of sp³-hybridized carbons (Fsp3) is 0.167. The standard InChI is InChI=1S/C24H19Cl2NO5/c1-2-31-16-6-3-5-14(11-16)21-20(22(28)15-8-9-18(25)19(26)12-15)23(29)24(30)27(21)13-17-7-4-10-32-17/h3-12,21,28H,2,13H2,1H3/b22-20-. The van der Waals surface area contributed by atoms with Crippen molar-refractivity contribution in [3.63, 3.8) is 0 Å². The van der Waals surface area contributed by atoms with E-state index < -0.39 is 17.7 Å². The largest absolute Gasteiger partial charge is 0.507 e. The number of carbonyl (C=O) groups is 2. The van der Waals surface area contributed by atoms with Crippen LogP contribution in [-0.4, -0.2) is 28.3 Å². The molecule has 1 aromatic heterocycles. The maximum absolute atomic E-state index is 13.1. The summed E-state index contributed by atoms with van der Waals surface area (Å²) in [4.78, 5) is 27.4. The second kappa shape index (κ2) is 9.10. The lowest BCUT2D eigenvalue weighted by Crippen LogP contribution is -2.29. The summed E-state index contributed by atoms with van der Waals surface area (Å²) in [6.45, 7) is 2.37. The third-order valence-electron chi connectivity index (χ3n) is 5.12. The Kier molecular flexibility index (Phi) is 6.26. The fourth-order valence-corrected chi connectivity index (χ4v) is 4.00. The van der Waals surface area contributed by atoms with Crippen molar-refractivity contribution >= 4 is 40.7 Å². The number of Topliss-reactive ketones (excluding diaryl/α,β-unsaturated/α-hetero) is 1. The molecule has 6 nitrogen and oxygen atoms in total. The fourth-order valence-electron chi connectivity index (χ4n) is 3.70. The summed E-state index contributed by atoms with van der Waals surface area (Å²) in [7, 11) is 0. The monoisotopic (exact) mass is 471 g/mol. The first-order chi connectivity index (χ1) is 15.4. The number of ether oxygens (including phenoxy) is 1. The molecule has 0 bridgehead atoms. The van der Waals surface area contributed by atoms with Gasteiger partial charge < -0.3 is 19.2 Å². The highest BCUT2D eigenvalue weighted by Gasteiger charge is 2.46. The molecule has 4 rings (SSSR count). The van der Waals surface area contributed by atoms with Crippen LogP contribution in [0.3, 0.4) is 0 Å². The minimum atomic E-state index is -0.852. The highest BCUT2D eigenvalue weighted by atomic mass is 35.5. The first kappa shape index (κ1) is 22.0. The van der Waals surface area contributed by atoms with E-state index in [1.807, 2.05) is 6.92 Å². The van der Waals surface area contributed by atoms with Crippen LogP contribution in [0, 0.1) is 0 Å². The molecule has 3 aromatic rings. The molecule has 0 aliphatic carbocycles. The lowest BCUT2D eigenvalue weighted by molar-refractivity contribution is -0.140. The topological polar surface area (TPSA) is 80.0 Å². The zero-order valence-corrected chi connectivity index (χ0v) is 18.6. The van der Waals surface area contributed by atoms with Gasteiger partial charge in [-0.05, 0) is 55.0 Å². The number of ketones is 1. The molecule has 164 valence electrons.